The van der Waals surface area contributed by atoms with Crippen molar-refractivity contribution in [1.82, 2.24) is 4.90 Å². The Morgan fingerprint density at radius 3 is 2.26 bits per heavy atom. The van der Waals surface area contributed by atoms with Crippen LogP contribution in [0.4, 0.5) is 16.2 Å². The summed E-state index contributed by atoms with van der Waals surface area (Å²) in [7, 11) is -0.728. The lowest BCUT2D eigenvalue weighted by Crippen LogP contribution is -2.16. The van der Waals surface area contributed by atoms with Gasteiger partial charge < -0.3 is 4.90 Å². The molecule has 8 nitrogen and oxygen atoms in total. The monoisotopic (exact) mass is 409 g/mol. The number of hydrogen-bond acceptors (Lipinski definition) is 6. The fourth-order valence-corrected chi connectivity index (χ4v) is 4.24. The Hall–Kier alpha value is -2.59. The van der Waals surface area contributed by atoms with Crippen LogP contribution < -0.4 is 4.72 Å². The van der Waals surface area contributed by atoms with Gasteiger partial charge in [0.2, 0.25) is 0 Å². The van der Waals surface area contributed by atoms with Gasteiger partial charge in [-0.25, -0.2) is 8.42 Å². The van der Waals surface area contributed by atoms with Crippen LogP contribution >= 0.6 is 11.8 Å². The van der Waals surface area contributed by atoms with Crippen molar-refractivity contribution in [1.29, 1.82) is 0 Å². The average Bonchev–Trinajstić information content (AvgIpc) is 2.58. The molecule has 0 heterocycles. The van der Waals surface area contributed by atoms with Crippen molar-refractivity contribution in [3.63, 3.8) is 0 Å². The first-order valence-corrected chi connectivity index (χ1v) is 10.1. The van der Waals surface area contributed by atoms with Gasteiger partial charge in [-0.15, -0.1) is 0 Å². The minimum Gasteiger partial charge on any atom is -0.339 e. The Morgan fingerprint density at radius 2 is 1.74 bits per heavy atom. The molecule has 0 radical (unpaired) electrons. The number of amides is 1. The summed E-state index contributed by atoms with van der Waals surface area (Å²) >= 11 is 1.02. The molecule has 0 aliphatic rings. The zero-order chi connectivity index (χ0) is 20.4. The number of aryl methyl sites for hydroxylation is 1. The second-order valence-corrected chi connectivity index (χ2v) is 8.71. The number of thioether (sulfide) groups is 1. The summed E-state index contributed by atoms with van der Waals surface area (Å²) < 4.78 is 27.8. The van der Waals surface area contributed by atoms with Crippen molar-refractivity contribution in [3.05, 3.63) is 57.6 Å². The minimum absolute atomic E-state index is 0.143. The number of hydrogen-bond donors (Lipinski definition) is 1. The van der Waals surface area contributed by atoms with Crippen molar-refractivity contribution in [2.75, 3.05) is 18.8 Å². The molecule has 1 N–H and O–H groups in total. The number of nitro groups is 1. The molecule has 0 aliphatic carbocycles. The highest BCUT2D eigenvalue weighted by molar-refractivity contribution is 8.13. The van der Waals surface area contributed by atoms with Crippen LogP contribution in [0.1, 0.15) is 11.1 Å². The van der Waals surface area contributed by atoms with Gasteiger partial charge in [0.25, 0.3) is 20.9 Å². The maximum atomic E-state index is 12.7. The molecule has 27 heavy (non-hydrogen) atoms. The maximum Gasteiger partial charge on any atom is 0.285 e. The molecular formula is C17H19N3O5S2. The SMILES string of the molecule is Cc1cc([N+](=O)[O-])cc(S(=O)(=O)Nc2ccc(SC(=O)N(C)C)cc2)c1C. The van der Waals surface area contributed by atoms with E-state index in [9.17, 15) is 23.3 Å². The van der Waals surface area contributed by atoms with Gasteiger partial charge >= 0.3 is 0 Å². The Labute approximate surface area is 161 Å². The first-order chi connectivity index (χ1) is 12.5. The number of nitrogens with zero attached hydrogens (tertiary/aromatic N) is 2. The molecule has 10 heteroatoms. The third kappa shape index (κ3) is 4.98. The molecule has 0 aromatic heterocycles. The molecule has 2 aromatic carbocycles. The van der Waals surface area contributed by atoms with E-state index < -0.39 is 14.9 Å². The number of sulfonamides is 1. The molecule has 144 valence electrons. The summed E-state index contributed by atoms with van der Waals surface area (Å²) in [5.74, 6) is 0. The van der Waals surface area contributed by atoms with E-state index >= 15 is 0 Å². The number of rotatable bonds is 5. The van der Waals surface area contributed by atoms with Crippen LogP contribution in [0.3, 0.4) is 0 Å². The Morgan fingerprint density at radius 1 is 1.15 bits per heavy atom. The molecule has 2 aromatic rings. The number of carbonyl (C=O) groups excluding carboxylic acids is 1. The number of anilines is 1. The molecule has 0 aliphatic heterocycles. The fraction of sp³-hybridized carbons (Fsp3) is 0.235. The van der Waals surface area contributed by atoms with Crippen molar-refractivity contribution in [2.45, 2.75) is 23.6 Å². The molecule has 0 atom stereocenters. The lowest BCUT2D eigenvalue weighted by Gasteiger charge is -2.13. The van der Waals surface area contributed by atoms with Crippen molar-refractivity contribution < 1.29 is 18.1 Å². The largest absolute Gasteiger partial charge is 0.339 e. The van der Waals surface area contributed by atoms with Crippen LogP contribution in [-0.4, -0.2) is 37.6 Å². The molecule has 0 spiro atoms. The van der Waals surface area contributed by atoms with Gasteiger partial charge in [-0.05, 0) is 61.0 Å². The Bertz CT molecular complexity index is 986. The lowest BCUT2D eigenvalue weighted by atomic mass is 10.1. The van der Waals surface area contributed by atoms with Crippen molar-refractivity contribution in [3.8, 4) is 0 Å². The maximum absolute atomic E-state index is 12.7. The number of nitro benzene ring substituents is 1. The molecule has 1 amide bonds. The number of non-ortho nitro benzene ring substituents is 1. The summed E-state index contributed by atoms with van der Waals surface area (Å²) in [6.07, 6.45) is 0. The molecule has 0 fully saturated rings. The Kier molecular flexibility index (Phi) is 6.11. The highest BCUT2D eigenvalue weighted by Crippen LogP contribution is 2.28. The van der Waals surface area contributed by atoms with E-state index in [1.807, 2.05) is 0 Å². The van der Waals surface area contributed by atoms with Gasteiger partial charge in [0.1, 0.15) is 0 Å². The van der Waals surface area contributed by atoms with E-state index in [1.54, 1.807) is 40.1 Å². The first-order valence-electron chi connectivity index (χ1n) is 7.79. The molecule has 0 bridgehead atoms. The summed E-state index contributed by atoms with van der Waals surface area (Å²) in [6.45, 7) is 3.22. The van der Waals surface area contributed by atoms with E-state index in [0.29, 0.717) is 21.7 Å². The minimum atomic E-state index is -4.01. The summed E-state index contributed by atoms with van der Waals surface area (Å²) in [6, 6.07) is 8.68. The smallest absolute Gasteiger partial charge is 0.285 e. The van der Waals surface area contributed by atoms with Gasteiger partial charge in [0.05, 0.1) is 9.82 Å². The van der Waals surface area contributed by atoms with E-state index in [4.69, 9.17) is 0 Å². The van der Waals surface area contributed by atoms with Crippen molar-refractivity contribution >= 4 is 38.4 Å². The summed E-state index contributed by atoms with van der Waals surface area (Å²) in [4.78, 5) is 24.1. The Balaban J connectivity index is 2.29. The number of benzene rings is 2. The van der Waals surface area contributed by atoms with Gasteiger partial charge in [-0.2, -0.15) is 0 Å². The molecule has 0 saturated carbocycles. The van der Waals surface area contributed by atoms with Crippen LogP contribution in [0.5, 0.6) is 0 Å². The standard InChI is InChI=1S/C17H19N3O5S2/c1-11-9-14(20(22)23)10-16(12(11)2)27(24,25)18-13-5-7-15(8-6-13)26-17(21)19(3)4/h5-10,18H,1-4H3. The zero-order valence-electron chi connectivity index (χ0n) is 15.2. The molecular weight excluding hydrogens is 390 g/mol. The molecule has 0 saturated heterocycles. The second kappa shape index (κ2) is 7.97. The number of carbonyl (C=O) groups is 1. The second-order valence-electron chi connectivity index (χ2n) is 6.04. The van der Waals surface area contributed by atoms with Crippen LogP contribution in [0.15, 0.2) is 46.2 Å². The predicted octanol–water partition coefficient (Wildman–Crippen LogP) is 3.79. The third-order valence-electron chi connectivity index (χ3n) is 3.78. The van der Waals surface area contributed by atoms with E-state index in [1.165, 1.54) is 23.1 Å². The van der Waals surface area contributed by atoms with Crippen LogP contribution in [0.25, 0.3) is 0 Å². The highest BCUT2D eigenvalue weighted by Gasteiger charge is 2.22. The normalized spacial score (nSPS) is 11.1. The summed E-state index contributed by atoms with van der Waals surface area (Å²) in [5, 5.41) is 10.9. The fourth-order valence-electron chi connectivity index (χ4n) is 2.19. The topological polar surface area (TPSA) is 110 Å². The van der Waals surface area contributed by atoms with E-state index in [-0.39, 0.29) is 15.8 Å². The molecule has 0 unspecified atom stereocenters. The van der Waals surface area contributed by atoms with Gasteiger partial charge in [-0.3, -0.25) is 19.6 Å². The number of nitrogens with one attached hydrogen (secondary N) is 1. The van der Waals surface area contributed by atoms with Gasteiger partial charge in [0, 0.05) is 36.8 Å². The van der Waals surface area contributed by atoms with Crippen LogP contribution in [0, 0.1) is 24.0 Å². The van der Waals surface area contributed by atoms with Crippen LogP contribution in [0.2, 0.25) is 0 Å². The summed E-state index contributed by atoms with van der Waals surface area (Å²) in [5.41, 5.74) is 0.961. The van der Waals surface area contributed by atoms with E-state index in [2.05, 4.69) is 4.72 Å². The van der Waals surface area contributed by atoms with Crippen molar-refractivity contribution in [2.24, 2.45) is 0 Å². The lowest BCUT2D eigenvalue weighted by molar-refractivity contribution is -0.385. The average molecular weight is 409 g/mol. The third-order valence-corrected chi connectivity index (χ3v) is 6.34. The highest BCUT2D eigenvalue weighted by atomic mass is 32.2. The predicted molar refractivity (Wildman–Crippen MR) is 105 cm³/mol. The zero-order valence-corrected chi connectivity index (χ0v) is 16.8. The quantitative estimate of drug-likeness (QED) is 0.457. The van der Waals surface area contributed by atoms with E-state index in [0.717, 1.165) is 17.8 Å². The van der Waals surface area contributed by atoms with Gasteiger partial charge in [-0.1, -0.05) is 0 Å². The first kappa shape index (κ1) is 20.7. The van der Waals surface area contributed by atoms with Gasteiger partial charge in [0.15, 0.2) is 0 Å². The van der Waals surface area contributed by atoms with Crippen LogP contribution in [-0.2, 0) is 10.0 Å². The molecule has 2 rings (SSSR count).